The van der Waals surface area contributed by atoms with E-state index in [0.29, 0.717) is 18.5 Å². The number of carbonyl (C=O) groups excluding carboxylic acids is 2. The van der Waals surface area contributed by atoms with Gasteiger partial charge in [0.05, 0.1) is 15.3 Å². The van der Waals surface area contributed by atoms with Crippen LogP contribution in [0.3, 0.4) is 0 Å². The molecule has 1 aliphatic carbocycles. The van der Waals surface area contributed by atoms with Crippen LogP contribution in [0, 0.1) is 0 Å². The van der Waals surface area contributed by atoms with Crippen LogP contribution in [0.5, 0.6) is 0 Å². The minimum atomic E-state index is -3.98. The van der Waals surface area contributed by atoms with Crippen molar-refractivity contribution in [3.05, 3.63) is 60.6 Å². The van der Waals surface area contributed by atoms with Crippen LogP contribution in [0.25, 0.3) is 5.65 Å². The zero-order valence-corrected chi connectivity index (χ0v) is 22.2. The lowest BCUT2D eigenvalue weighted by Gasteiger charge is -2.43. The van der Waals surface area contributed by atoms with E-state index in [-0.39, 0.29) is 15.8 Å². The molecule has 3 N–H and O–H groups in total. The van der Waals surface area contributed by atoms with Crippen molar-refractivity contribution in [2.24, 2.45) is 5.73 Å². The number of fused-ring (bicyclic) bond motifs is 1. The number of hydrogen-bond donors (Lipinski definition) is 2. The molecule has 1 aromatic carbocycles. The van der Waals surface area contributed by atoms with Gasteiger partial charge in [-0.2, -0.15) is 4.31 Å². The summed E-state index contributed by atoms with van der Waals surface area (Å²) in [5, 5.41) is 2.58. The summed E-state index contributed by atoms with van der Waals surface area (Å²) in [4.78, 5) is 28.7. The van der Waals surface area contributed by atoms with E-state index in [1.54, 1.807) is 6.20 Å². The Hall–Kier alpha value is -3.35. The molecule has 0 bridgehead atoms. The van der Waals surface area contributed by atoms with E-state index < -0.39 is 34.1 Å². The molecule has 4 rings (SSSR count). The normalized spacial score (nSPS) is 20.0. The largest absolute Gasteiger partial charge is 0.460 e. The van der Waals surface area contributed by atoms with E-state index in [4.69, 9.17) is 22.7 Å². The number of thiocarbonyl (C=S) groups is 1. The zero-order valence-electron chi connectivity index (χ0n) is 20.6. The highest BCUT2D eigenvalue weighted by Crippen LogP contribution is 2.42. The molecule has 0 aliphatic heterocycles. The lowest BCUT2D eigenvalue weighted by Crippen LogP contribution is -2.53. The number of hydrogen-bond acceptors (Lipinski definition) is 7. The molecule has 12 heteroatoms. The first-order chi connectivity index (χ1) is 17.5. The molecule has 2 unspecified atom stereocenters. The van der Waals surface area contributed by atoms with Crippen LogP contribution in [0.15, 0.2) is 59.9 Å². The molecular formula is C25H29N5O5S2. The number of aromatic nitrogens is 2. The number of benzene rings is 1. The highest BCUT2D eigenvalue weighted by atomic mass is 32.2. The Kier molecular flexibility index (Phi) is 7.62. The highest BCUT2D eigenvalue weighted by molar-refractivity contribution is 7.89. The predicted octanol–water partition coefficient (Wildman–Crippen LogP) is 2.62. The number of pyridine rings is 1. The van der Waals surface area contributed by atoms with Crippen LogP contribution in [-0.4, -0.2) is 58.7 Å². The molecule has 3 aromatic rings. The Morgan fingerprint density at radius 1 is 1.24 bits per heavy atom. The van der Waals surface area contributed by atoms with E-state index in [1.165, 1.54) is 38.2 Å². The monoisotopic (exact) mass is 543 g/mol. The first-order valence-electron chi connectivity index (χ1n) is 11.8. The number of likely N-dealkylation sites (N-methyl/N-ethyl adjacent to an activating group) is 1. The number of nitrogens with two attached hydrogens (primary N) is 1. The third-order valence-electron chi connectivity index (χ3n) is 6.69. The van der Waals surface area contributed by atoms with Crippen molar-refractivity contribution in [1.82, 2.24) is 13.7 Å². The quantitative estimate of drug-likeness (QED) is 0.327. The summed E-state index contributed by atoms with van der Waals surface area (Å²) in [6, 6.07) is 9.46. The fraction of sp³-hybridized carbons (Fsp3) is 0.360. The molecule has 196 valence electrons. The first kappa shape index (κ1) is 26.7. The number of rotatable bonds is 8. The number of nitrogens with zero attached hydrogens (tertiary/aromatic N) is 3. The molecule has 1 fully saturated rings. The third-order valence-corrected chi connectivity index (χ3v) is 8.87. The maximum Gasteiger partial charge on any atom is 0.321 e. The molecule has 1 amide bonds. The molecule has 10 nitrogen and oxygen atoms in total. The van der Waals surface area contributed by atoms with E-state index >= 15 is 0 Å². The summed E-state index contributed by atoms with van der Waals surface area (Å²) in [5.41, 5.74) is 7.47. The number of nitrogens with one attached hydrogen (secondary N) is 1. The van der Waals surface area contributed by atoms with Gasteiger partial charge in [0, 0.05) is 38.2 Å². The van der Waals surface area contributed by atoms with Gasteiger partial charge >= 0.3 is 5.97 Å². The number of anilines is 1. The van der Waals surface area contributed by atoms with Gasteiger partial charge in [-0.05, 0) is 55.2 Å². The second kappa shape index (κ2) is 10.6. The molecule has 0 saturated heterocycles. The molecule has 2 atom stereocenters. The fourth-order valence-electron chi connectivity index (χ4n) is 4.79. The van der Waals surface area contributed by atoms with Crippen LogP contribution in [0.4, 0.5) is 5.69 Å². The summed E-state index contributed by atoms with van der Waals surface area (Å²) in [7, 11) is -2.66. The van der Waals surface area contributed by atoms with Crippen molar-refractivity contribution in [3.8, 4) is 0 Å². The van der Waals surface area contributed by atoms with Gasteiger partial charge in [-0.1, -0.05) is 24.7 Å². The predicted molar refractivity (Wildman–Crippen MR) is 143 cm³/mol. The van der Waals surface area contributed by atoms with Crippen LogP contribution in [-0.2, 0) is 29.8 Å². The number of carbonyl (C=O) groups is 2. The second-order valence-corrected chi connectivity index (χ2v) is 11.6. The Morgan fingerprint density at radius 2 is 1.97 bits per heavy atom. The van der Waals surface area contributed by atoms with Crippen molar-refractivity contribution >= 4 is 50.4 Å². The highest BCUT2D eigenvalue weighted by Gasteiger charge is 2.47. The van der Waals surface area contributed by atoms with E-state index in [2.05, 4.69) is 10.3 Å². The molecule has 0 radical (unpaired) electrons. The smallest absolute Gasteiger partial charge is 0.321 e. The van der Waals surface area contributed by atoms with Gasteiger partial charge in [-0.15, -0.1) is 0 Å². The minimum Gasteiger partial charge on any atom is -0.460 e. The van der Waals surface area contributed by atoms with Crippen LogP contribution in [0.1, 0.15) is 38.2 Å². The van der Waals surface area contributed by atoms with E-state index in [9.17, 15) is 18.0 Å². The molecule has 1 saturated carbocycles. The maximum atomic E-state index is 13.0. The van der Waals surface area contributed by atoms with E-state index in [1.807, 2.05) is 28.9 Å². The van der Waals surface area contributed by atoms with Crippen LogP contribution >= 0.6 is 12.2 Å². The van der Waals surface area contributed by atoms with Gasteiger partial charge in [-0.3, -0.25) is 9.59 Å². The molecule has 0 spiro atoms. The van der Waals surface area contributed by atoms with Gasteiger partial charge in [0.15, 0.2) is 0 Å². The van der Waals surface area contributed by atoms with E-state index in [0.717, 1.165) is 28.4 Å². The Balaban J connectivity index is 1.53. The van der Waals surface area contributed by atoms with Crippen molar-refractivity contribution in [2.45, 2.75) is 49.0 Å². The van der Waals surface area contributed by atoms with Crippen molar-refractivity contribution in [1.29, 1.82) is 0 Å². The molecule has 1 aliphatic rings. The lowest BCUT2D eigenvalue weighted by atomic mass is 9.67. The number of amides is 1. The average Bonchev–Trinajstić information content (AvgIpc) is 3.32. The van der Waals surface area contributed by atoms with Gasteiger partial charge in [0.2, 0.25) is 15.9 Å². The first-order valence-corrected chi connectivity index (χ1v) is 13.7. The van der Waals surface area contributed by atoms with Crippen molar-refractivity contribution in [2.75, 3.05) is 18.9 Å². The molecular weight excluding hydrogens is 514 g/mol. The number of imidazole rings is 1. The van der Waals surface area contributed by atoms with Crippen LogP contribution in [0.2, 0.25) is 0 Å². The summed E-state index contributed by atoms with van der Waals surface area (Å²) >= 11 is 5.52. The van der Waals surface area contributed by atoms with Gasteiger partial charge in [0.25, 0.3) is 0 Å². The fourth-order valence-corrected chi connectivity index (χ4v) is 6.26. The summed E-state index contributed by atoms with van der Waals surface area (Å²) in [6.45, 7) is 0.874. The number of esters is 1. The Labute approximate surface area is 220 Å². The molecule has 37 heavy (non-hydrogen) atoms. The van der Waals surface area contributed by atoms with Gasteiger partial charge in [0.1, 0.15) is 18.3 Å². The average molecular weight is 544 g/mol. The summed E-state index contributed by atoms with van der Waals surface area (Å²) in [6.07, 6.45) is 7.60. The van der Waals surface area contributed by atoms with Crippen LogP contribution < -0.4 is 11.1 Å². The Bertz CT molecular complexity index is 1440. The summed E-state index contributed by atoms with van der Waals surface area (Å²) < 4.78 is 34.8. The minimum absolute atomic E-state index is 0.0133. The SMILES string of the molecule is CC(=O)Nc1ccc(S(=O)(=O)N(C)CC(=O)OC2CCCCC2(C(N)=S)c2ccc3nccn3c2)cc1. The third kappa shape index (κ3) is 5.36. The second-order valence-electron chi connectivity index (χ2n) is 9.14. The standard InChI is InChI=1S/C25H29N5O5S2/c1-17(31)28-19-7-9-20(10-8-19)37(33,34)29(2)16-23(32)35-21-5-3-4-12-25(21,24(26)36)18-6-11-22-27-13-14-30(22)15-18/h6-11,13-15,21H,3-5,12,16H2,1-2H3,(H2,26,36)(H,28,31). The topological polar surface area (TPSA) is 136 Å². The summed E-state index contributed by atoms with van der Waals surface area (Å²) in [5.74, 6) is -0.964. The van der Waals surface area contributed by atoms with Crippen molar-refractivity contribution in [3.63, 3.8) is 0 Å². The molecule has 2 aromatic heterocycles. The van der Waals surface area contributed by atoms with Gasteiger partial charge in [-0.25, -0.2) is 13.4 Å². The Morgan fingerprint density at radius 3 is 2.65 bits per heavy atom. The van der Waals surface area contributed by atoms with Crippen molar-refractivity contribution < 1.29 is 22.7 Å². The molecule has 2 heterocycles. The number of sulfonamides is 1. The lowest BCUT2D eigenvalue weighted by molar-refractivity contribution is -0.153. The van der Waals surface area contributed by atoms with Gasteiger partial charge < -0.3 is 20.2 Å². The maximum absolute atomic E-state index is 13.0. The zero-order chi connectivity index (χ0) is 26.8. The number of ether oxygens (including phenoxy) is 1.